The van der Waals surface area contributed by atoms with E-state index in [2.05, 4.69) is 0 Å². The molecule has 0 aliphatic heterocycles. The molecule has 0 unspecified atom stereocenters. The van der Waals surface area contributed by atoms with Gasteiger partial charge in [-0.05, 0) is 38.0 Å². The molecule has 0 aliphatic carbocycles. The van der Waals surface area contributed by atoms with Gasteiger partial charge in [-0.25, -0.2) is 0 Å². The Labute approximate surface area is 90.0 Å². The summed E-state index contributed by atoms with van der Waals surface area (Å²) < 4.78 is 5.13. The summed E-state index contributed by atoms with van der Waals surface area (Å²) in [5.41, 5.74) is 6.85. The summed E-state index contributed by atoms with van der Waals surface area (Å²) in [6.45, 7) is 3.99. The lowest BCUT2D eigenvalue weighted by Crippen LogP contribution is -2.34. The first-order valence-corrected chi connectivity index (χ1v) is 4.91. The first-order chi connectivity index (χ1) is 6.42. The zero-order valence-corrected chi connectivity index (χ0v) is 9.56. The second kappa shape index (κ2) is 4.20. The summed E-state index contributed by atoms with van der Waals surface area (Å²) >= 11 is 5.91. The van der Waals surface area contributed by atoms with Gasteiger partial charge in [-0.1, -0.05) is 17.7 Å². The third-order valence-corrected chi connectivity index (χ3v) is 2.19. The first kappa shape index (κ1) is 11.3. The molecule has 2 nitrogen and oxygen atoms in total. The Hall–Kier alpha value is -0.730. The van der Waals surface area contributed by atoms with E-state index < -0.39 is 0 Å². The molecule has 0 saturated heterocycles. The Bertz CT molecular complexity index is 318. The summed E-state index contributed by atoms with van der Waals surface area (Å²) in [5.74, 6) is 0.702. The fraction of sp³-hybridized carbons (Fsp3) is 0.455. The number of nitrogens with two attached hydrogens (primary N) is 1. The summed E-state index contributed by atoms with van der Waals surface area (Å²) in [7, 11) is 1.61. The molecule has 0 aromatic heterocycles. The molecule has 0 radical (unpaired) electrons. The second-order valence-corrected chi connectivity index (χ2v) is 4.54. The van der Waals surface area contributed by atoms with Crippen LogP contribution in [0.2, 0.25) is 5.02 Å². The molecule has 1 aromatic rings. The fourth-order valence-corrected chi connectivity index (χ4v) is 1.53. The maximum Gasteiger partial charge on any atom is 0.137 e. The van der Waals surface area contributed by atoms with E-state index in [1.807, 2.05) is 32.0 Å². The van der Waals surface area contributed by atoms with Crippen LogP contribution < -0.4 is 10.5 Å². The van der Waals surface area contributed by atoms with Crippen LogP contribution in [0.15, 0.2) is 18.2 Å². The maximum atomic E-state index is 5.92. The van der Waals surface area contributed by atoms with Gasteiger partial charge in [0.1, 0.15) is 5.75 Å². The minimum absolute atomic E-state index is 0.209. The van der Waals surface area contributed by atoms with Crippen LogP contribution >= 0.6 is 11.6 Å². The largest absolute Gasteiger partial charge is 0.495 e. The standard InChI is InChI=1S/C11H16ClNO/c1-11(2,13)7-8-4-5-9(12)10(6-8)14-3/h4-6H,7,13H2,1-3H3. The highest BCUT2D eigenvalue weighted by molar-refractivity contribution is 6.32. The van der Waals surface area contributed by atoms with Gasteiger partial charge in [0.2, 0.25) is 0 Å². The van der Waals surface area contributed by atoms with E-state index in [0.717, 1.165) is 12.0 Å². The van der Waals surface area contributed by atoms with Crippen LogP contribution in [0.5, 0.6) is 5.75 Å². The minimum Gasteiger partial charge on any atom is -0.495 e. The van der Waals surface area contributed by atoms with Gasteiger partial charge >= 0.3 is 0 Å². The van der Waals surface area contributed by atoms with Crippen LogP contribution in [0, 0.1) is 0 Å². The average Bonchev–Trinajstić information content (AvgIpc) is 2.06. The summed E-state index contributed by atoms with van der Waals surface area (Å²) in [6.07, 6.45) is 0.806. The van der Waals surface area contributed by atoms with Gasteiger partial charge in [-0.15, -0.1) is 0 Å². The van der Waals surface area contributed by atoms with E-state index in [0.29, 0.717) is 10.8 Å². The number of methoxy groups -OCH3 is 1. The Kier molecular flexibility index (Phi) is 3.40. The highest BCUT2D eigenvalue weighted by atomic mass is 35.5. The number of rotatable bonds is 3. The molecule has 0 bridgehead atoms. The SMILES string of the molecule is COc1cc(CC(C)(C)N)ccc1Cl. The second-order valence-electron chi connectivity index (χ2n) is 4.13. The maximum absolute atomic E-state index is 5.92. The summed E-state index contributed by atoms with van der Waals surface area (Å²) in [6, 6.07) is 5.73. The molecule has 0 amide bonds. The summed E-state index contributed by atoms with van der Waals surface area (Å²) in [4.78, 5) is 0. The lowest BCUT2D eigenvalue weighted by molar-refractivity contribution is 0.413. The molecule has 0 saturated carbocycles. The van der Waals surface area contributed by atoms with Gasteiger partial charge in [0.15, 0.2) is 0 Å². The lowest BCUT2D eigenvalue weighted by atomic mass is 9.96. The van der Waals surface area contributed by atoms with Crippen molar-refractivity contribution in [3.05, 3.63) is 28.8 Å². The van der Waals surface area contributed by atoms with Crippen LogP contribution in [0.3, 0.4) is 0 Å². The van der Waals surface area contributed by atoms with Gasteiger partial charge in [0, 0.05) is 5.54 Å². The van der Waals surface area contributed by atoms with Crippen LogP contribution in [0.1, 0.15) is 19.4 Å². The normalized spacial score (nSPS) is 11.5. The number of ether oxygens (including phenoxy) is 1. The third kappa shape index (κ3) is 3.20. The third-order valence-electron chi connectivity index (χ3n) is 1.88. The van der Waals surface area contributed by atoms with Crippen LogP contribution in [-0.2, 0) is 6.42 Å². The predicted octanol–water partition coefficient (Wildman–Crippen LogP) is 2.63. The van der Waals surface area contributed by atoms with Crippen LogP contribution in [0.4, 0.5) is 0 Å². The molecule has 14 heavy (non-hydrogen) atoms. The van der Waals surface area contributed by atoms with Crippen molar-refractivity contribution in [1.29, 1.82) is 0 Å². The number of benzene rings is 1. The highest BCUT2D eigenvalue weighted by Crippen LogP contribution is 2.26. The van der Waals surface area contributed by atoms with E-state index in [9.17, 15) is 0 Å². The molecule has 0 aliphatic rings. The van der Waals surface area contributed by atoms with Gasteiger partial charge in [0.25, 0.3) is 0 Å². The van der Waals surface area contributed by atoms with E-state index >= 15 is 0 Å². The molecule has 0 atom stereocenters. The quantitative estimate of drug-likeness (QED) is 0.838. The Morgan fingerprint density at radius 1 is 1.43 bits per heavy atom. The van der Waals surface area contributed by atoms with Crippen molar-refractivity contribution >= 4 is 11.6 Å². The summed E-state index contributed by atoms with van der Waals surface area (Å²) in [5, 5.41) is 0.631. The van der Waals surface area contributed by atoms with Crippen LogP contribution in [-0.4, -0.2) is 12.6 Å². The van der Waals surface area contributed by atoms with Gasteiger partial charge < -0.3 is 10.5 Å². The highest BCUT2D eigenvalue weighted by Gasteiger charge is 2.12. The van der Waals surface area contributed by atoms with Crippen molar-refractivity contribution in [2.75, 3.05) is 7.11 Å². The molecule has 2 N–H and O–H groups in total. The molecule has 3 heteroatoms. The van der Waals surface area contributed by atoms with E-state index in [4.69, 9.17) is 22.1 Å². The first-order valence-electron chi connectivity index (χ1n) is 4.54. The molecule has 1 rings (SSSR count). The zero-order valence-electron chi connectivity index (χ0n) is 8.80. The van der Waals surface area contributed by atoms with E-state index in [1.54, 1.807) is 7.11 Å². The number of hydrogen-bond donors (Lipinski definition) is 1. The fourth-order valence-electron chi connectivity index (χ4n) is 1.34. The molecular formula is C11H16ClNO. The molecule has 1 aromatic carbocycles. The van der Waals surface area contributed by atoms with Crippen molar-refractivity contribution in [2.24, 2.45) is 5.73 Å². The van der Waals surface area contributed by atoms with Crippen molar-refractivity contribution in [2.45, 2.75) is 25.8 Å². The van der Waals surface area contributed by atoms with Gasteiger partial charge in [-0.3, -0.25) is 0 Å². The molecule has 0 fully saturated rings. The van der Waals surface area contributed by atoms with Gasteiger partial charge in [0.05, 0.1) is 12.1 Å². The van der Waals surface area contributed by atoms with Crippen LogP contribution in [0.25, 0.3) is 0 Å². The van der Waals surface area contributed by atoms with Crippen molar-refractivity contribution in [3.8, 4) is 5.75 Å². The average molecular weight is 214 g/mol. The van der Waals surface area contributed by atoms with Crippen molar-refractivity contribution in [1.82, 2.24) is 0 Å². The molecule has 0 heterocycles. The lowest BCUT2D eigenvalue weighted by Gasteiger charge is -2.18. The Morgan fingerprint density at radius 3 is 2.57 bits per heavy atom. The molecule has 78 valence electrons. The van der Waals surface area contributed by atoms with Gasteiger partial charge in [-0.2, -0.15) is 0 Å². The van der Waals surface area contributed by atoms with Crippen molar-refractivity contribution < 1.29 is 4.74 Å². The Balaban J connectivity index is 2.90. The molecule has 0 spiro atoms. The monoisotopic (exact) mass is 213 g/mol. The number of halogens is 1. The van der Waals surface area contributed by atoms with E-state index in [-0.39, 0.29) is 5.54 Å². The Morgan fingerprint density at radius 2 is 2.07 bits per heavy atom. The molecular weight excluding hydrogens is 198 g/mol. The topological polar surface area (TPSA) is 35.2 Å². The minimum atomic E-state index is -0.209. The zero-order chi connectivity index (χ0) is 10.8. The van der Waals surface area contributed by atoms with E-state index in [1.165, 1.54) is 0 Å². The smallest absolute Gasteiger partial charge is 0.137 e. The van der Waals surface area contributed by atoms with Crippen molar-refractivity contribution in [3.63, 3.8) is 0 Å². The number of hydrogen-bond acceptors (Lipinski definition) is 2. The predicted molar refractivity (Wildman–Crippen MR) is 60.0 cm³/mol.